The van der Waals surface area contributed by atoms with E-state index < -0.39 is 0 Å². The van der Waals surface area contributed by atoms with Crippen molar-refractivity contribution in [1.29, 1.82) is 5.26 Å². The SMILES string of the molecule is CCOc1ccc(/C=C(/C#N)C(=O)N2CCN(c3ccccc3)CC2)cc1. The number of hydrogen-bond donors (Lipinski definition) is 0. The summed E-state index contributed by atoms with van der Waals surface area (Å²) in [6.45, 7) is 5.27. The van der Waals surface area contributed by atoms with Crippen molar-refractivity contribution in [3.8, 4) is 11.8 Å². The van der Waals surface area contributed by atoms with Crippen LogP contribution in [0, 0.1) is 11.3 Å². The van der Waals surface area contributed by atoms with Crippen LogP contribution in [-0.4, -0.2) is 43.6 Å². The number of piperazine rings is 1. The molecule has 3 rings (SSSR count). The van der Waals surface area contributed by atoms with Gasteiger partial charge in [0.15, 0.2) is 0 Å². The summed E-state index contributed by atoms with van der Waals surface area (Å²) < 4.78 is 5.42. The van der Waals surface area contributed by atoms with Crippen LogP contribution in [0.5, 0.6) is 5.75 Å². The minimum Gasteiger partial charge on any atom is -0.494 e. The van der Waals surface area contributed by atoms with Crippen molar-refractivity contribution in [2.45, 2.75) is 6.92 Å². The Kier molecular flexibility index (Phi) is 6.11. The first kappa shape index (κ1) is 18.5. The molecule has 0 radical (unpaired) electrons. The van der Waals surface area contributed by atoms with Crippen molar-refractivity contribution < 1.29 is 9.53 Å². The number of benzene rings is 2. The predicted molar refractivity (Wildman–Crippen MR) is 106 cm³/mol. The number of rotatable bonds is 5. The number of nitriles is 1. The first-order valence-electron chi connectivity index (χ1n) is 9.15. The van der Waals surface area contributed by atoms with Crippen molar-refractivity contribution in [3.63, 3.8) is 0 Å². The molecule has 2 aromatic rings. The fourth-order valence-corrected chi connectivity index (χ4v) is 3.11. The van der Waals surface area contributed by atoms with E-state index in [0.29, 0.717) is 19.7 Å². The van der Waals surface area contributed by atoms with Gasteiger partial charge in [0.25, 0.3) is 5.91 Å². The summed E-state index contributed by atoms with van der Waals surface area (Å²) in [5.74, 6) is 0.565. The molecule has 1 aliphatic rings. The lowest BCUT2D eigenvalue weighted by Crippen LogP contribution is -2.49. The lowest BCUT2D eigenvalue weighted by Gasteiger charge is -2.36. The smallest absolute Gasteiger partial charge is 0.264 e. The molecule has 0 spiro atoms. The fraction of sp³-hybridized carbons (Fsp3) is 0.273. The van der Waals surface area contributed by atoms with E-state index in [1.54, 1.807) is 11.0 Å². The second-order valence-electron chi connectivity index (χ2n) is 6.29. The van der Waals surface area contributed by atoms with Gasteiger partial charge in [0.2, 0.25) is 0 Å². The minimum atomic E-state index is -0.209. The van der Waals surface area contributed by atoms with Crippen molar-refractivity contribution in [1.82, 2.24) is 4.90 Å². The maximum Gasteiger partial charge on any atom is 0.264 e. The standard InChI is InChI=1S/C22H23N3O2/c1-2-27-21-10-8-18(9-11-21)16-19(17-23)22(26)25-14-12-24(13-15-25)20-6-4-3-5-7-20/h3-11,16H,2,12-15H2,1H3/b19-16-. The summed E-state index contributed by atoms with van der Waals surface area (Å²) in [5, 5.41) is 9.46. The maximum atomic E-state index is 12.7. The first-order chi connectivity index (χ1) is 13.2. The second-order valence-corrected chi connectivity index (χ2v) is 6.29. The van der Waals surface area contributed by atoms with Crippen molar-refractivity contribution >= 4 is 17.7 Å². The van der Waals surface area contributed by atoms with Gasteiger partial charge in [-0.25, -0.2) is 0 Å². The number of para-hydroxylation sites is 1. The Morgan fingerprint density at radius 1 is 1.07 bits per heavy atom. The van der Waals surface area contributed by atoms with Gasteiger partial charge in [0, 0.05) is 31.9 Å². The van der Waals surface area contributed by atoms with E-state index in [1.165, 1.54) is 0 Å². The monoisotopic (exact) mass is 361 g/mol. The van der Waals surface area contributed by atoms with Crippen LogP contribution in [0.25, 0.3) is 6.08 Å². The summed E-state index contributed by atoms with van der Waals surface area (Å²) in [4.78, 5) is 16.7. The molecular formula is C22H23N3O2. The summed E-state index contributed by atoms with van der Waals surface area (Å²) in [6, 6.07) is 19.6. The molecule has 1 fully saturated rings. The molecule has 1 saturated heterocycles. The third-order valence-corrected chi connectivity index (χ3v) is 4.54. The highest BCUT2D eigenvalue weighted by atomic mass is 16.5. The van der Waals surface area contributed by atoms with E-state index >= 15 is 0 Å². The quantitative estimate of drug-likeness (QED) is 0.605. The topological polar surface area (TPSA) is 56.6 Å². The average Bonchev–Trinajstić information content (AvgIpc) is 2.74. The third-order valence-electron chi connectivity index (χ3n) is 4.54. The normalized spacial score (nSPS) is 14.6. The van der Waals surface area contributed by atoms with Crippen LogP contribution in [0.15, 0.2) is 60.2 Å². The van der Waals surface area contributed by atoms with Gasteiger partial charge in [-0.2, -0.15) is 5.26 Å². The number of anilines is 1. The van der Waals surface area contributed by atoms with E-state index in [-0.39, 0.29) is 11.5 Å². The van der Waals surface area contributed by atoms with Gasteiger partial charge in [-0.05, 0) is 42.8 Å². The molecule has 2 aromatic carbocycles. The molecular weight excluding hydrogens is 338 g/mol. The Balaban J connectivity index is 1.64. The van der Waals surface area contributed by atoms with Gasteiger partial charge < -0.3 is 14.5 Å². The molecule has 5 nitrogen and oxygen atoms in total. The molecule has 1 heterocycles. The number of ether oxygens (including phenoxy) is 1. The molecule has 27 heavy (non-hydrogen) atoms. The molecule has 0 atom stereocenters. The van der Waals surface area contributed by atoms with Crippen LogP contribution >= 0.6 is 0 Å². The van der Waals surface area contributed by atoms with Crippen LogP contribution in [0.1, 0.15) is 12.5 Å². The molecule has 0 N–H and O–H groups in total. The zero-order valence-electron chi connectivity index (χ0n) is 15.5. The van der Waals surface area contributed by atoms with Crippen molar-refractivity contribution in [2.75, 3.05) is 37.7 Å². The number of carbonyl (C=O) groups is 1. The highest BCUT2D eigenvalue weighted by Gasteiger charge is 2.23. The summed E-state index contributed by atoms with van der Waals surface area (Å²) in [6.07, 6.45) is 1.64. The van der Waals surface area contributed by atoms with Gasteiger partial charge in [-0.1, -0.05) is 30.3 Å². The van der Waals surface area contributed by atoms with Crippen molar-refractivity contribution in [2.24, 2.45) is 0 Å². The predicted octanol–water partition coefficient (Wildman–Crippen LogP) is 3.34. The molecule has 1 aliphatic heterocycles. The lowest BCUT2D eigenvalue weighted by molar-refractivity contribution is -0.126. The van der Waals surface area contributed by atoms with Crippen LogP contribution in [-0.2, 0) is 4.79 Å². The molecule has 0 bridgehead atoms. The van der Waals surface area contributed by atoms with Gasteiger partial charge in [0.1, 0.15) is 17.4 Å². The van der Waals surface area contributed by atoms with E-state index in [0.717, 1.165) is 30.1 Å². The number of amides is 1. The number of carbonyl (C=O) groups excluding carboxylic acids is 1. The third kappa shape index (κ3) is 4.68. The Labute approximate surface area is 160 Å². The zero-order valence-corrected chi connectivity index (χ0v) is 15.5. The highest BCUT2D eigenvalue weighted by molar-refractivity contribution is 6.01. The van der Waals surface area contributed by atoms with E-state index in [9.17, 15) is 10.1 Å². The number of hydrogen-bond acceptors (Lipinski definition) is 4. The van der Waals surface area contributed by atoms with Crippen LogP contribution in [0.4, 0.5) is 5.69 Å². The first-order valence-corrected chi connectivity index (χ1v) is 9.15. The molecule has 138 valence electrons. The summed E-state index contributed by atoms with van der Waals surface area (Å²) in [5.41, 5.74) is 2.13. The molecule has 0 aromatic heterocycles. The zero-order chi connectivity index (χ0) is 19.1. The van der Waals surface area contributed by atoms with Crippen molar-refractivity contribution in [3.05, 3.63) is 65.7 Å². The Morgan fingerprint density at radius 2 is 1.74 bits per heavy atom. The number of nitrogens with zero attached hydrogens (tertiary/aromatic N) is 3. The average molecular weight is 361 g/mol. The Hall–Kier alpha value is -3.26. The fourth-order valence-electron chi connectivity index (χ4n) is 3.11. The van der Waals surface area contributed by atoms with Crippen LogP contribution < -0.4 is 9.64 Å². The van der Waals surface area contributed by atoms with E-state index in [2.05, 4.69) is 23.1 Å². The summed E-state index contributed by atoms with van der Waals surface area (Å²) >= 11 is 0. The molecule has 0 saturated carbocycles. The molecule has 0 aliphatic carbocycles. The van der Waals surface area contributed by atoms with Gasteiger partial charge in [0.05, 0.1) is 6.61 Å². The molecule has 5 heteroatoms. The van der Waals surface area contributed by atoms with Gasteiger partial charge >= 0.3 is 0 Å². The molecule has 1 amide bonds. The van der Waals surface area contributed by atoms with Gasteiger partial charge in [-0.15, -0.1) is 0 Å². The molecule has 0 unspecified atom stereocenters. The highest BCUT2D eigenvalue weighted by Crippen LogP contribution is 2.18. The van der Waals surface area contributed by atoms with E-state index in [4.69, 9.17) is 4.74 Å². The Morgan fingerprint density at radius 3 is 2.33 bits per heavy atom. The lowest BCUT2D eigenvalue weighted by atomic mass is 10.1. The van der Waals surface area contributed by atoms with Gasteiger partial charge in [-0.3, -0.25) is 4.79 Å². The second kappa shape index (κ2) is 8.91. The Bertz CT molecular complexity index is 830. The van der Waals surface area contributed by atoms with Crippen LogP contribution in [0.2, 0.25) is 0 Å². The largest absolute Gasteiger partial charge is 0.494 e. The van der Waals surface area contributed by atoms with E-state index in [1.807, 2.05) is 49.4 Å². The van der Waals surface area contributed by atoms with Crippen LogP contribution in [0.3, 0.4) is 0 Å². The minimum absolute atomic E-state index is 0.160. The maximum absolute atomic E-state index is 12.7. The summed E-state index contributed by atoms with van der Waals surface area (Å²) in [7, 11) is 0.